The lowest BCUT2D eigenvalue weighted by Gasteiger charge is -2.17. The molecule has 2 atom stereocenters. The van der Waals surface area contributed by atoms with E-state index in [-0.39, 0.29) is 12.1 Å². The molecule has 0 spiro atoms. The number of aliphatic hydroxyl groups is 1. The maximum absolute atomic E-state index is 9.71. The van der Waals surface area contributed by atoms with E-state index in [0.29, 0.717) is 5.89 Å². The molecule has 1 aliphatic rings. The second kappa shape index (κ2) is 4.89. The van der Waals surface area contributed by atoms with Crippen LogP contribution in [0.5, 0.6) is 0 Å². The molecule has 1 aliphatic carbocycles. The monoisotopic (exact) mass is 284 g/mol. The van der Waals surface area contributed by atoms with Gasteiger partial charge in [0.1, 0.15) is 11.9 Å². The first kappa shape index (κ1) is 12.4. The van der Waals surface area contributed by atoms with Crippen molar-refractivity contribution in [1.29, 1.82) is 0 Å². The van der Waals surface area contributed by atoms with Crippen molar-refractivity contribution in [3.8, 4) is 11.5 Å². The molecule has 108 valence electrons. The van der Waals surface area contributed by atoms with Crippen LogP contribution in [0, 0.1) is 0 Å². The van der Waals surface area contributed by atoms with Gasteiger partial charge in [0.15, 0.2) is 0 Å². The minimum atomic E-state index is -0.212. The molecule has 1 fully saturated rings. The van der Waals surface area contributed by atoms with E-state index >= 15 is 0 Å². The first-order chi connectivity index (χ1) is 10.3. The molecule has 6 nitrogen and oxygen atoms in total. The van der Waals surface area contributed by atoms with Crippen molar-refractivity contribution in [3.05, 3.63) is 30.9 Å². The predicted octanol–water partition coefficient (Wildman–Crippen LogP) is 2.54. The summed E-state index contributed by atoms with van der Waals surface area (Å²) in [7, 11) is 0. The van der Waals surface area contributed by atoms with Gasteiger partial charge in [-0.25, -0.2) is 9.97 Å². The van der Waals surface area contributed by atoms with Crippen LogP contribution in [0.2, 0.25) is 0 Å². The standard InChI is InChI=1S/C15H16N4O2/c20-10-2-1-9(7-10)19-13-11-3-4-16-14(11)18-8-12(13)15-17-5-6-21-15/h3-6,8-10,20H,1-2,7H2,(H2,16,18,19)/t9-,10+/m1/s1. The van der Waals surface area contributed by atoms with E-state index in [4.69, 9.17) is 4.42 Å². The molecule has 0 saturated heterocycles. The van der Waals surface area contributed by atoms with Crippen LogP contribution in [0.25, 0.3) is 22.5 Å². The Morgan fingerprint density at radius 2 is 2.29 bits per heavy atom. The number of rotatable bonds is 3. The van der Waals surface area contributed by atoms with Crippen molar-refractivity contribution in [3.63, 3.8) is 0 Å². The molecule has 4 rings (SSSR count). The number of aromatic nitrogens is 3. The Hall–Kier alpha value is -2.34. The molecular formula is C15H16N4O2. The van der Waals surface area contributed by atoms with Gasteiger partial charge in [0.2, 0.25) is 5.89 Å². The molecule has 0 unspecified atom stereocenters. The van der Waals surface area contributed by atoms with E-state index in [9.17, 15) is 5.11 Å². The third-order valence-corrected chi connectivity index (χ3v) is 4.00. The van der Waals surface area contributed by atoms with E-state index < -0.39 is 0 Å². The number of oxazole rings is 1. The maximum Gasteiger partial charge on any atom is 0.229 e. The highest BCUT2D eigenvalue weighted by molar-refractivity contribution is 5.97. The zero-order valence-corrected chi connectivity index (χ0v) is 11.4. The largest absolute Gasteiger partial charge is 0.444 e. The maximum atomic E-state index is 9.71. The number of pyridine rings is 1. The number of aliphatic hydroxyl groups excluding tert-OH is 1. The first-order valence-corrected chi connectivity index (χ1v) is 7.12. The van der Waals surface area contributed by atoms with Gasteiger partial charge >= 0.3 is 0 Å². The minimum absolute atomic E-state index is 0.212. The first-order valence-electron chi connectivity index (χ1n) is 7.12. The lowest BCUT2D eigenvalue weighted by atomic mass is 10.1. The lowest BCUT2D eigenvalue weighted by molar-refractivity contribution is 0.182. The molecular weight excluding hydrogens is 268 g/mol. The Morgan fingerprint density at radius 3 is 3.05 bits per heavy atom. The van der Waals surface area contributed by atoms with Crippen LogP contribution in [0.4, 0.5) is 5.69 Å². The van der Waals surface area contributed by atoms with Crippen molar-refractivity contribution in [2.45, 2.75) is 31.4 Å². The zero-order valence-electron chi connectivity index (χ0n) is 11.4. The lowest BCUT2D eigenvalue weighted by Crippen LogP contribution is -2.17. The average Bonchev–Trinajstić information content (AvgIpc) is 3.19. The summed E-state index contributed by atoms with van der Waals surface area (Å²) in [6.45, 7) is 0. The molecule has 6 heteroatoms. The van der Waals surface area contributed by atoms with Crippen LogP contribution in [0.15, 0.2) is 35.3 Å². The van der Waals surface area contributed by atoms with Crippen molar-refractivity contribution < 1.29 is 9.52 Å². The minimum Gasteiger partial charge on any atom is -0.444 e. The van der Waals surface area contributed by atoms with E-state index in [2.05, 4.69) is 20.3 Å². The summed E-state index contributed by atoms with van der Waals surface area (Å²) in [5.74, 6) is 0.548. The highest BCUT2D eigenvalue weighted by atomic mass is 16.3. The summed E-state index contributed by atoms with van der Waals surface area (Å²) in [4.78, 5) is 11.7. The van der Waals surface area contributed by atoms with Crippen LogP contribution in [0.1, 0.15) is 19.3 Å². The summed E-state index contributed by atoms with van der Waals surface area (Å²) in [5, 5.41) is 14.3. The van der Waals surface area contributed by atoms with Gasteiger partial charge in [0, 0.05) is 23.8 Å². The zero-order chi connectivity index (χ0) is 14.2. The Balaban J connectivity index is 1.80. The fourth-order valence-electron chi connectivity index (χ4n) is 2.97. The van der Waals surface area contributed by atoms with E-state index in [1.807, 2.05) is 12.3 Å². The van der Waals surface area contributed by atoms with Crippen LogP contribution >= 0.6 is 0 Å². The normalized spacial score (nSPS) is 22.0. The van der Waals surface area contributed by atoms with Crippen molar-refractivity contribution in [2.75, 3.05) is 5.32 Å². The fourth-order valence-corrected chi connectivity index (χ4v) is 2.97. The Labute approximate surface area is 121 Å². The number of aromatic amines is 1. The molecule has 0 radical (unpaired) electrons. The van der Waals surface area contributed by atoms with Gasteiger partial charge in [-0.2, -0.15) is 0 Å². The molecule has 0 amide bonds. The number of nitrogens with zero attached hydrogens (tertiary/aromatic N) is 2. The SMILES string of the molecule is O[C@H]1CC[C@@H](Nc2c(-c3ncco3)cnc3[nH]ccc23)C1. The molecule has 3 aromatic rings. The van der Waals surface area contributed by atoms with Gasteiger partial charge in [0.25, 0.3) is 0 Å². The molecule has 0 bridgehead atoms. The summed E-state index contributed by atoms with van der Waals surface area (Å²) < 4.78 is 5.42. The van der Waals surface area contributed by atoms with Crippen molar-refractivity contribution in [2.24, 2.45) is 0 Å². The highest BCUT2D eigenvalue weighted by Crippen LogP contribution is 2.34. The number of hydrogen-bond acceptors (Lipinski definition) is 5. The number of H-pyrrole nitrogens is 1. The fraction of sp³-hybridized carbons (Fsp3) is 0.333. The molecule has 3 aromatic heterocycles. The number of hydrogen-bond donors (Lipinski definition) is 3. The molecule has 3 N–H and O–H groups in total. The van der Waals surface area contributed by atoms with Crippen LogP contribution in [-0.2, 0) is 0 Å². The molecule has 0 aromatic carbocycles. The smallest absolute Gasteiger partial charge is 0.229 e. The summed E-state index contributed by atoms with van der Waals surface area (Å²) in [6.07, 6.45) is 9.16. The van der Waals surface area contributed by atoms with Crippen LogP contribution < -0.4 is 5.32 Å². The van der Waals surface area contributed by atoms with E-state index in [1.54, 1.807) is 18.7 Å². The number of anilines is 1. The third kappa shape index (κ3) is 2.17. The number of fused-ring (bicyclic) bond motifs is 1. The third-order valence-electron chi connectivity index (χ3n) is 4.00. The second-order valence-electron chi connectivity index (χ2n) is 5.43. The quantitative estimate of drug-likeness (QED) is 0.688. The van der Waals surface area contributed by atoms with Crippen LogP contribution in [0.3, 0.4) is 0 Å². The molecule has 0 aliphatic heterocycles. The average molecular weight is 284 g/mol. The van der Waals surface area contributed by atoms with Crippen LogP contribution in [-0.4, -0.2) is 32.2 Å². The van der Waals surface area contributed by atoms with Gasteiger partial charge < -0.3 is 19.8 Å². The van der Waals surface area contributed by atoms with Gasteiger partial charge in [-0.3, -0.25) is 0 Å². The Kier molecular flexibility index (Phi) is 2.89. The van der Waals surface area contributed by atoms with Gasteiger partial charge in [-0.05, 0) is 25.3 Å². The van der Waals surface area contributed by atoms with Crippen molar-refractivity contribution >= 4 is 16.7 Å². The van der Waals surface area contributed by atoms with Gasteiger partial charge in [-0.15, -0.1) is 0 Å². The molecule has 1 saturated carbocycles. The molecule has 3 heterocycles. The van der Waals surface area contributed by atoms with E-state index in [0.717, 1.165) is 41.5 Å². The van der Waals surface area contributed by atoms with Crippen molar-refractivity contribution in [1.82, 2.24) is 15.0 Å². The summed E-state index contributed by atoms with van der Waals surface area (Å²) in [5.41, 5.74) is 2.63. The summed E-state index contributed by atoms with van der Waals surface area (Å²) >= 11 is 0. The van der Waals surface area contributed by atoms with E-state index in [1.165, 1.54) is 0 Å². The van der Waals surface area contributed by atoms with Gasteiger partial charge in [-0.1, -0.05) is 0 Å². The molecule has 21 heavy (non-hydrogen) atoms. The Bertz CT molecular complexity index is 750. The predicted molar refractivity (Wildman–Crippen MR) is 78.9 cm³/mol. The van der Waals surface area contributed by atoms with Gasteiger partial charge in [0.05, 0.1) is 23.6 Å². The Morgan fingerprint density at radius 1 is 1.33 bits per heavy atom. The summed E-state index contributed by atoms with van der Waals surface area (Å²) in [6, 6.07) is 2.25. The highest BCUT2D eigenvalue weighted by Gasteiger charge is 2.25. The number of nitrogens with one attached hydrogen (secondary N) is 2. The second-order valence-corrected chi connectivity index (χ2v) is 5.43. The topological polar surface area (TPSA) is 87.0 Å².